The van der Waals surface area contributed by atoms with Crippen LogP contribution in [0.2, 0.25) is 0 Å². The first-order chi connectivity index (χ1) is 19.1. The zero-order chi connectivity index (χ0) is 30.9. The van der Waals surface area contributed by atoms with Gasteiger partial charge < -0.3 is 24.3 Å². The normalized spacial score (nSPS) is 9.35. The molecule has 0 saturated heterocycles. The number of nitrogens with zero attached hydrogens (tertiary/aromatic N) is 2. The van der Waals surface area contributed by atoms with Crippen molar-refractivity contribution >= 4 is 39.8 Å². The van der Waals surface area contributed by atoms with E-state index in [1.165, 1.54) is 40.9 Å². The first kappa shape index (κ1) is 38.4. The maximum absolute atomic E-state index is 11.6. The Hall–Kier alpha value is -3.79. The van der Waals surface area contributed by atoms with E-state index in [4.69, 9.17) is 5.26 Å². The first-order valence-electron chi connectivity index (χ1n) is 11.8. The maximum Gasteiger partial charge on any atom is 0.334 e. The van der Waals surface area contributed by atoms with E-state index in [0.717, 1.165) is 12.1 Å². The van der Waals surface area contributed by atoms with Crippen LogP contribution >= 0.6 is 15.9 Å². The zero-order valence-electron chi connectivity index (χ0n) is 23.9. The van der Waals surface area contributed by atoms with Crippen LogP contribution < -0.4 is 5.32 Å². The quantitative estimate of drug-likeness (QED) is 0.190. The molecule has 0 aliphatic carbocycles. The third-order valence-electron chi connectivity index (χ3n) is 4.60. The lowest BCUT2D eigenvalue weighted by molar-refractivity contribution is -0.160. The summed E-state index contributed by atoms with van der Waals surface area (Å²) >= 11 is 2.78. The summed E-state index contributed by atoms with van der Waals surface area (Å²) in [4.78, 5) is 44.8. The molecule has 0 heterocycles. The first-order valence-corrected chi connectivity index (χ1v) is 12.7. The van der Waals surface area contributed by atoms with Crippen LogP contribution in [0.3, 0.4) is 0 Å². The number of likely N-dealkylation sites (N-methyl/N-ethyl adjacent to an activating group) is 1. The Balaban J connectivity index is 0. The summed E-state index contributed by atoms with van der Waals surface area (Å²) in [6.07, 6.45) is 0. The fraction of sp³-hybridized carbons (Fsp3) is 0.393. The molecule has 0 radical (unpaired) electrons. The van der Waals surface area contributed by atoms with Crippen molar-refractivity contribution in [2.24, 2.45) is 0 Å². The van der Waals surface area contributed by atoms with Crippen LogP contribution in [0.1, 0.15) is 18.1 Å². The molecule has 2 aromatic carbocycles. The molecule has 0 spiro atoms. The van der Waals surface area contributed by atoms with Gasteiger partial charge in [-0.3, -0.25) is 14.5 Å². The molecule has 0 atom stereocenters. The Morgan fingerprint density at radius 3 is 1.48 bits per heavy atom. The van der Waals surface area contributed by atoms with E-state index >= 15 is 0 Å². The van der Waals surface area contributed by atoms with Crippen LogP contribution in [0.25, 0.3) is 0 Å². The molecule has 0 bridgehead atoms. The Morgan fingerprint density at radius 2 is 1.15 bits per heavy atom. The lowest BCUT2D eigenvalue weighted by Crippen LogP contribution is -2.45. The van der Waals surface area contributed by atoms with Crippen molar-refractivity contribution in [3.05, 3.63) is 71.8 Å². The summed E-state index contributed by atoms with van der Waals surface area (Å²) in [6, 6.07) is 20.6. The third-order valence-corrected chi connectivity index (χ3v) is 5.35. The van der Waals surface area contributed by atoms with Gasteiger partial charge >= 0.3 is 23.9 Å². The number of carbonyl (C=O) groups excluding carboxylic acids is 4. The van der Waals surface area contributed by atoms with Gasteiger partial charge in [0, 0.05) is 20.0 Å². The minimum absolute atomic E-state index is 0.454. The highest BCUT2D eigenvalue weighted by atomic mass is 79.9. The van der Waals surface area contributed by atoms with Gasteiger partial charge in [0.1, 0.15) is 0 Å². The smallest absolute Gasteiger partial charge is 0.334 e. The van der Waals surface area contributed by atoms with Crippen molar-refractivity contribution in [1.29, 1.82) is 5.26 Å². The molecular formula is C28H38BrN3O8. The predicted octanol–water partition coefficient (Wildman–Crippen LogP) is 2.86. The van der Waals surface area contributed by atoms with Crippen LogP contribution in [0, 0.1) is 11.3 Å². The van der Waals surface area contributed by atoms with E-state index in [0.29, 0.717) is 6.54 Å². The minimum Gasteiger partial charge on any atom is -0.468 e. The summed E-state index contributed by atoms with van der Waals surface area (Å²) in [7, 11) is 8.50. The molecule has 11 nitrogen and oxygen atoms in total. The number of ether oxygens (including phenoxy) is 4. The van der Waals surface area contributed by atoms with Gasteiger partial charge in [-0.25, -0.2) is 9.59 Å². The number of esters is 4. The zero-order valence-corrected chi connectivity index (χ0v) is 25.5. The van der Waals surface area contributed by atoms with Crippen molar-refractivity contribution in [1.82, 2.24) is 10.2 Å². The van der Waals surface area contributed by atoms with Crippen molar-refractivity contribution in [2.75, 3.05) is 42.5 Å². The Morgan fingerprint density at radius 1 is 0.800 bits per heavy atom. The molecule has 2 aromatic rings. The number of benzene rings is 2. The molecule has 0 fully saturated rings. The van der Waals surface area contributed by atoms with E-state index in [9.17, 15) is 19.2 Å². The van der Waals surface area contributed by atoms with E-state index < -0.39 is 34.7 Å². The molecule has 0 aromatic heterocycles. The second kappa shape index (κ2) is 24.3. The van der Waals surface area contributed by atoms with E-state index in [2.05, 4.69) is 52.3 Å². The van der Waals surface area contributed by atoms with Gasteiger partial charge in [-0.15, -0.1) is 0 Å². The molecule has 0 saturated carbocycles. The highest BCUT2D eigenvalue weighted by Gasteiger charge is 2.32. The van der Waals surface area contributed by atoms with Gasteiger partial charge in [-0.05, 0) is 25.2 Å². The number of hydrogen-bond donors (Lipinski definition) is 1. The fourth-order valence-corrected chi connectivity index (χ4v) is 3.12. The Bertz CT molecular complexity index is 1000. The van der Waals surface area contributed by atoms with Gasteiger partial charge in [0.05, 0.1) is 34.5 Å². The van der Waals surface area contributed by atoms with Gasteiger partial charge in [0.15, 0.2) is 0 Å². The topological polar surface area (TPSA) is 144 Å². The van der Waals surface area contributed by atoms with Gasteiger partial charge in [0.2, 0.25) is 10.9 Å². The molecule has 0 aliphatic heterocycles. The SMILES string of the molecule is CC#N.CNCc1ccccc1.COC(=O)C(Br)C(=O)OC.COC(=O)C(C(=O)OC)N(C)Cc1ccccc1. The number of nitriles is 1. The number of halogens is 1. The van der Waals surface area contributed by atoms with Crippen LogP contribution in [-0.4, -0.2) is 82.2 Å². The molecule has 2 rings (SSSR count). The summed E-state index contributed by atoms with van der Waals surface area (Å²) in [6.45, 7) is 2.84. The molecule has 1 N–H and O–H groups in total. The Kier molecular flexibility index (Phi) is 23.3. The number of nitrogens with one attached hydrogen (secondary N) is 1. The fourth-order valence-electron chi connectivity index (χ4n) is 2.75. The highest BCUT2D eigenvalue weighted by molar-refractivity contribution is 9.10. The molecular weight excluding hydrogens is 586 g/mol. The van der Waals surface area contributed by atoms with E-state index in [1.54, 1.807) is 18.0 Å². The lowest BCUT2D eigenvalue weighted by atomic mass is 10.2. The van der Waals surface area contributed by atoms with E-state index in [-0.39, 0.29) is 0 Å². The lowest BCUT2D eigenvalue weighted by Gasteiger charge is -2.23. The van der Waals surface area contributed by atoms with Crippen LogP contribution in [0.15, 0.2) is 60.7 Å². The minimum atomic E-state index is -1.04. The van der Waals surface area contributed by atoms with Gasteiger partial charge in [-0.1, -0.05) is 76.6 Å². The number of hydrogen-bond acceptors (Lipinski definition) is 11. The summed E-state index contributed by atoms with van der Waals surface area (Å²) < 4.78 is 17.7. The number of methoxy groups -OCH3 is 4. The van der Waals surface area contributed by atoms with Crippen LogP contribution in [0.5, 0.6) is 0 Å². The number of carbonyl (C=O) groups is 4. The summed E-state index contributed by atoms with van der Waals surface area (Å²) in [5.41, 5.74) is 2.33. The average Bonchev–Trinajstić information content (AvgIpc) is 2.98. The standard InChI is InChI=1S/C13H17NO4.C8H11N.C5H7BrO4.C2H3N/c1-14(9-10-7-5-4-6-8-10)11(12(15)17-2)13(16)18-3;1-9-7-8-5-3-2-4-6-8;1-9-4(7)3(6)5(8)10-2;1-2-3/h4-8,11H,9H2,1-3H3;2-6,9H,7H2,1H3;3H,1-2H3;1H3. The number of rotatable bonds is 9. The van der Waals surface area contributed by atoms with Gasteiger partial charge in [0.25, 0.3) is 0 Å². The van der Waals surface area contributed by atoms with Crippen molar-refractivity contribution in [3.63, 3.8) is 0 Å². The predicted molar refractivity (Wildman–Crippen MR) is 153 cm³/mol. The summed E-state index contributed by atoms with van der Waals surface area (Å²) in [5, 5.41) is 10.4. The Labute approximate surface area is 244 Å². The second-order valence-electron chi connectivity index (χ2n) is 7.50. The van der Waals surface area contributed by atoms with Gasteiger partial charge in [-0.2, -0.15) is 5.26 Å². The highest BCUT2D eigenvalue weighted by Crippen LogP contribution is 2.09. The molecule has 40 heavy (non-hydrogen) atoms. The second-order valence-corrected chi connectivity index (χ2v) is 8.41. The van der Waals surface area contributed by atoms with Crippen molar-refractivity contribution in [2.45, 2.75) is 30.9 Å². The average molecular weight is 625 g/mol. The maximum atomic E-state index is 11.6. The molecule has 0 amide bonds. The monoisotopic (exact) mass is 623 g/mol. The van der Waals surface area contributed by atoms with Crippen LogP contribution in [0.4, 0.5) is 0 Å². The molecule has 0 aliphatic rings. The molecule has 0 unspecified atom stereocenters. The largest absolute Gasteiger partial charge is 0.468 e. The molecule has 12 heteroatoms. The van der Waals surface area contributed by atoms with Crippen LogP contribution in [-0.2, 0) is 51.2 Å². The third kappa shape index (κ3) is 16.9. The number of alkyl halides is 1. The summed E-state index contributed by atoms with van der Waals surface area (Å²) in [5.74, 6) is -2.57. The molecule has 220 valence electrons. The van der Waals surface area contributed by atoms with Crippen molar-refractivity contribution in [3.8, 4) is 6.07 Å². The van der Waals surface area contributed by atoms with Crippen molar-refractivity contribution < 1.29 is 38.1 Å². The van der Waals surface area contributed by atoms with E-state index in [1.807, 2.05) is 55.6 Å².